The molecule has 0 aliphatic rings. The van der Waals surface area contributed by atoms with E-state index in [0.29, 0.717) is 5.56 Å². The lowest BCUT2D eigenvalue weighted by Gasteiger charge is -2.12. The average molecular weight is 216 g/mol. The van der Waals surface area contributed by atoms with Crippen molar-refractivity contribution in [3.8, 4) is 5.75 Å². The minimum atomic E-state index is -1.01. The van der Waals surface area contributed by atoms with Gasteiger partial charge in [-0.1, -0.05) is 6.07 Å². The molecule has 84 valence electrons. The molecule has 0 heterocycles. The molecule has 0 bridgehead atoms. The van der Waals surface area contributed by atoms with Gasteiger partial charge in [-0.2, -0.15) is 0 Å². The second-order valence-corrected chi connectivity index (χ2v) is 3.06. The van der Waals surface area contributed by atoms with Crippen LogP contribution < -0.4 is 4.74 Å². The Balaban J connectivity index is 2.69. The number of aliphatic hydroxyl groups is 3. The van der Waals surface area contributed by atoms with Crippen molar-refractivity contribution in [2.45, 2.75) is 12.7 Å². The van der Waals surface area contributed by atoms with Gasteiger partial charge in [-0.05, 0) is 6.07 Å². The third kappa shape index (κ3) is 3.47. The first-order valence-corrected chi connectivity index (χ1v) is 4.48. The first-order valence-electron chi connectivity index (χ1n) is 4.48. The number of ether oxygens (including phenoxy) is 1. The molecule has 1 rings (SSSR count). The van der Waals surface area contributed by atoms with E-state index in [1.54, 1.807) is 0 Å². The van der Waals surface area contributed by atoms with Crippen LogP contribution in [0.3, 0.4) is 0 Å². The molecule has 0 amide bonds. The summed E-state index contributed by atoms with van der Waals surface area (Å²) in [5.74, 6) is -0.314. The van der Waals surface area contributed by atoms with Crippen molar-refractivity contribution in [3.63, 3.8) is 0 Å². The van der Waals surface area contributed by atoms with Crippen LogP contribution in [0.2, 0.25) is 0 Å². The minimum absolute atomic E-state index is 0.146. The quantitative estimate of drug-likeness (QED) is 0.650. The predicted octanol–water partition coefficient (Wildman–Crippen LogP) is 0.0500. The summed E-state index contributed by atoms with van der Waals surface area (Å²) >= 11 is 0. The Morgan fingerprint density at radius 3 is 2.67 bits per heavy atom. The second kappa shape index (κ2) is 5.65. The van der Waals surface area contributed by atoms with Crippen LogP contribution in [0, 0.1) is 5.82 Å². The summed E-state index contributed by atoms with van der Waals surface area (Å²) in [6, 6.07) is 3.73. The highest BCUT2D eigenvalue weighted by Crippen LogP contribution is 2.19. The number of rotatable bonds is 5. The zero-order valence-corrected chi connectivity index (χ0v) is 8.06. The monoisotopic (exact) mass is 216 g/mol. The molecule has 15 heavy (non-hydrogen) atoms. The molecule has 0 saturated heterocycles. The van der Waals surface area contributed by atoms with Crippen molar-refractivity contribution < 1.29 is 24.4 Å². The molecule has 0 aliphatic carbocycles. The summed E-state index contributed by atoms with van der Waals surface area (Å²) in [6.45, 7) is -0.846. The topological polar surface area (TPSA) is 69.9 Å². The Hall–Kier alpha value is -1.17. The van der Waals surface area contributed by atoms with Crippen molar-refractivity contribution >= 4 is 0 Å². The van der Waals surface area contributed by atoms with E-state index < -0.39 is 18.5 Å². The summed E-state index contributed by atoms with van der Waals surface area (Å²) in [6.07, 6.45) is -1.01. The van der Waals surface area contributed by atoms with Crippen LogP contribution in [0.15, 0.2) is 18.2 Å². The largest absolute Gasteiger partial charge is 0.490 e. The smallest absolute Gasteiger partial charge is 0.127 e. The van der Waals surface area contributed by atoms with Crippen molar-refractivity contribution in [2.75, 3.05) is 13.2 Å². The summed E-state index contributed by atoms with van der Waals surface area (Å²) in [5.41, 5.74) is 0.432. The van der Waals surface area contributed by atoms with Crippen LogP contribution in [-0.4, -0.2) is 34.6 Å². The van der Waals surface area contributed by atoms with E-state index in [2.05, 4.69) is 0 Å². The molecule has 0 spiro atoms. The minimum Gasteiger partial charge on any atom is -0.490 e. The van der Waals surface area contributed by atoms with Gasteiger partial charge in [0.2, 0.25) is 0 Å². The summed E-state index contributed by atoms with van der Waals surface area (Å²) < 4.78 is 17.9. The third-order valence-corrected chi connectivity index (χ3v) is 1.84. The third-order valence-electron chi connectivity index (χ3n) is 1.84. The van der Waals surface area contributed by atoms with Crippen LogP contribution in [-0.2, 0) is 6.61 Å². The van der Waals surface area contributed by atoms with E-state index >= 15 is 0 Å². The Labute approximate surface area is 86.6 Å². The molecule has 0 aromatic heterocycles. The van der Waals surface area contributed by atoms with Crippen LogP contribution in [0.25, 0.3) is 0 Å². The van der Waals surface area contributed by atoms with E-state index in [0.717, 1.165) is 6.07 Å². The lowest BCUT2D eigenvalue weighted by molar-refractivity contribution is 0.0527. The molecule has 1 atom stereocenters. The molecule has 0 aliphatic heterocycles. The number of hydrogen-bond acceptors (Lipinski definition) is 4. The van der Waals surface area contributed by atoms with Crippen LogP contribution >= 0.6 is 0 Å². The van der Waals surface area contributed by atoms with Crippen LogP contribution in [0.5, 0.6) is 5.75 Å². The van der Waals surface area contributed by atoms with Gasteiger partial charge in [0.25, 0.3) is 0 Å². The molecule has 1 aromatic carbocycles. The highest BCUT2D eigenvalue weighted by molar-refractivity contribution is 5.33. The molecule has 3 N–H and O–H groups in total. The summed E-state index contributed by atoms with van der Waals surface area (Å²) in [7, 11) is 0. The number of halogens is 1. The van der Waals surface area contributed by atoms with Crippen molar-refractivity contribution in [3.05, 3.63) is 29.6 Å². The first-order chi connectivity index (χ1) is 7.17. The first kappa shape index (κ1) is 11.9. The Morgan fingerprint density at radius 2 is 2.07 bits per heavy atom. The van der Waals surface area contributed by atoms with Gasteiger partial charge in [0.15, 0.2) is 0 Å². The number of aliphatic hydroxyl groups excluding tert-OH is 3. The van der Waals surface area contributed by atoms with Gasteiger partial charge in [0.05, 0.1) is 13.2 Å². The zero-order valence-electron chi connectivity index (χ0n) is 8.06. The molecule has 1 aromatic rings. The SMILES string of the molecule is OCc1ccc(F)cc1OC[C@H](O)CO. The molecule has 4 nitrogen and oxygen atoms in total. The maximum absolute atomic E-state index is 12.8. The molecule has 0 radical (unpaired) electrons. The van der Waals surface area contributed by atoms with E-state index in [-0.39, 0.29) is 19.0 Å². The van der Waals surface area contributed by atoms with Gasteiger partial charge in [0, 0.05) is 11.6 Å². The average Bonchev–Trinajstić information content (AvgIpc) is 2.26. The Kier molecular flexibility index (Phi) is 4.48. The lowest BCUT2D eigenvalue weighted by atomic mass is 10.2. The van der Waals surface area contributed by atoms with Gasteiger partial charge in [-0.15, -0.1) is 0 Å². The van der Waals surface area contributed by atoms with Crippen molar-refractivity contribution in [1.82, 2.24) is 0 Å². The fourth-order valence-electron chi connectivity index (χ4n) is 1.03. The molecule has 0 unspecified atom stereocenters. The van der Waals surface area contributed by atoms with E-state index in [1.165, 1.54) is 12.1 Å². The van der Waals surface area contributed by atoms with Gasteiger partial charge >= 0.3 is 0 Å². The van der Waals surface area contributed by atoms with Crippen molar-refractivity contribution in [2.24, 2.45) is 0 Å². The highest BCUT2D eigenvalue weighted by atomic mass is 19.1. The van der Waals surface area contributed by atoms with Gasteiger partial charge in [-0.3, -0.25) is 0 Å². The lowest BCUT2D eigenvalue weighted by Crippen LogP contribution is -2.21. The normalized spacial score (nSPS) is 12.5. The predicted molar refractivity (Wildman–Crippen MR) is 50.9 cm³/mol. The van der Waals surface area contributed by atoms with E-state index in [4.69, 9.17) is 20.1 Å². The molecule has 5 heteroatoms. The van der Waals surface area contributed by atoms with Crippen molar-refractivity contribution in [1.29, 1.82) is 0 Å². The molecule has 0 saturated carbocycles. The Morgan fingerprint density at radius 1 is 1.33 bits per heavy atom. The fraction of sp³-hybridized carbons (Fsp3) is 0.400. The van der Waals surface area contributed by atoms with Gasteiger partial charge in [-0.25, -0.2) is 4.39 Å². The van der Waals surface area contributed by atoms with E-state index in [1.807, 2.05) is 0 Å². The van der Waals surface area contributed by atoms with E-state index in [9.17, 15) is 4.39 Å². The Bertz CT molecular complexity index is 316. The molecule has 0 fully saturated rings. The standard InChI is InChI=1S/C10H13FO4/c11-8-2-1-7(4-12)10(3-8)15-6-9(14)5-13/h1-3,9,12-14H,4-6H2/t9-/m1/s1. The maximum Gasteiger partial charge on any atom is 0.127 e. The maximum atomic E-state index is 12.8. The van der Waals surface area contributed by atoms with Crippen LogP contribution in [0.4, 0.5) is 4.39 Å². The van der Waals surface area contributed by atoms with Gasteiger partial charge < -0.3 is 20.1 Å². The fourth-order valence-corrected chi connectivity index (χ4v) is 1.03. The zero-order chi connectivity index (χ0) is 11.3. The van der Waals surface area contributed by atoms with Crippen LogP contribution in [0.1, 0.15) is 5.56 Å². The summed E-state index contributed by atoms with van der Waals surface area (Å²) in [4.78, 5) is 0. The van der Waals surface area contributed by atoms with Gasteiger partial charge in [0.1, 0.15) is 24.3 Å². The number of hydrogen-bond donors (Lipinski definition) is 3. The number of benzene rings is 1. The summed E-state index contributed by atoms with van der Waals surface area (Å²) in [5, 5.41) is 26.5. The molecular weight excluding hydrogens is 203 g/mol. The highest BCUT2D eigenvalue weighted by Gasteiger charge is 2.07. The second-order valence-electron chi connectivity index (χ2n) is 3.06. The molecular formula is C10H13FO4.